The molecule has 2 N–H and O–H groups in total. The van der Waals surface area contributed by atoms with Crippen LogP contribution in [0.2, 0.25) is 0 Å². The number of hydroxylamine groups is 4. The summed E-state index contributed by atoms with van der Waals surface area (Å²) in [5, 5.41) is 25.7. The molecule has 4 fully saturated rings. The van der Waals surface area contributed by atoms with Crippen LogP contribution >= 0.6 is 0 Å². The van der Waals surface area contributed by atoms with Crippen molar-refractivity contribution in [3.05, 3.63) is 0 Å². The molecule has 2 heterocycles. The molecule has 0 aromatic heterocycles. The van der Waals surface area contributed by atoms with Gasteiger partial charge in [-0.05, 0) is 119 Å². The van der Waals surface area contributed by atoms with E-state index in [1.807, 2.05) is 0 Å². The third-order valence-electron chi connectivity index (χ3n) is 11.1. The van der Waals surface area contributed by atoms with Gasteiger partial charge in [0.15, 0.2) is 0 Å². The number of nitrogens with zero attached hydrogens (tertiary/aromatic N) is 2. The number of carbonyl (C=O) groups is 2. The number of carboxylic acids is 2. The van der Waals surface area contributed by atoms with Crippen molar-refractivity contribution in [1.82, 2.24) is 10.1 Å². The average molecular weight is 593 g/mol. The predicted octanol–water partition coefficient (Wildman–Crippen LogP) is 7.60. The van der Waals surface area contributed by atoms with Crippen molar-refractivity contribution in [2.24, 2.45) is 17.3 Å². The van der Waals surface area contributed by atoms with Gasteiger partial charge < -0.3 is 10.2 Å². The van der Waals surface area contributed by atoms with Gasteiger partial charge in [0, 0.05) is 22.2 Å². The van der Waals surface area contributed by atoms with Crippen LogP contribution in [0.15, 0.2) is 0 Å². The summed E-state index contributed by atoms with van der Waals surface area (Å²) in [7, 11) is 0. The Balaban J connectivity index is 1.67. The molecular formula is C34H60N2O6. The first-order valence-corrected chi connectivity index (χ1v) is 16.8. The monoisotopic (exact) mass is 592 g/mol. The number of hydrogen-bond donors (Lipinski definition) is 2. The molecule has 2 aliphatic heterocycles. The number of carboxylic acid groups (broad SMARTS) is 2. The number of aliphatic carboxylic acids is 2. The normalized spacial score (nSPS) is 28.5. The maximum Gasteiger partial charge on any atom is 0.310 e. The van der Waals surface area contributed by atoms with E-state index >= 15 is 0 Å². The Kier molecular flexibility index (Phi) is 9.85. The molecule has 0 aromatic carbocycles. The van der Waals surface area contributed by atoms with Gasteiger partial charge >= 0.3 is 11.9 Å². The number of hydrogen-bond acceptors (Lipinski definition) is 6. The highest BCUT2D eigenvalue weighted by Gasteiger charge is 2.63. The maximum atomic E-state index is 13.6. The van der Waals surface area contributed by atoms with Crippen LogP contribution in [-0.2, 0) is 19.3 Å². The van der Waals surface area contributed by atoms with E-state index in [-0.39, 0.29) is 30.5 Å². The minimum atomic E-state index is -1.40. The second-order valence-corrected chi connectivity index (χ2v) is 16.7. The summed E-state index contributed by atoms with van der Waals surface area (Å²) >= 11 is 0. The SMILES string of the molecule is CC1(C)CC(C(CC(=O)O)(C(=O)O)C2CC(C)(C)N(OC3CCCCC3)C(C)(C)C2)CC(C)(C)N1OC1CCCCC1. The van der Waals surface area contributed by atoms with Crippen LogP contribution in [0.5, 0.6) is 0 Å². The van der Waals surface area contributed by atoms with E-state index in [1.54, 1.807) is 0 Å². The van der Waals surface area contributed by atoms with E-state index in [2.05, 4.69) is 65.5 Å². The van der Waals surface area contributed by atoms with Gasteiger partial charge in [-0.2, -0.15) is 10.1 Å². The van der Waals surface area contributed by atoms with E-state index in [0.29, 0.717) is 25.7 Å². The lowest BCUT2D eigenvalue weighted by Gasteiger charge is -2.61. The molecule has 8 nitrogen and oxygen atoms in total. The Hall–Kier alpha value is -1.22. The van der Waals surface area contributed by atoms with Crippen molar-refractivity contribution in [3.8, 4) is 0 Å². The highest BCUT2D eigenvalue weighted by molar-refractivity contribution is 5.82. The quantitative estimate of drug-likeness (QED) is 0.282. The molecule has 0 unspecified atom stereocenters. The molecule has 0 amide bonds. The van der Waals surface area contributed by atoms with Crippen LogP contribution in [-0.4, -0.2) is 66.6 Å². The molecule has 0 spiro atoms. The van der Waals surface area contributed by atoms with Crippen LogP contribution in [0.3, 0.4) is 0 Å². The Bertz CT molecular complexity index is 867. The minimum absolute atomic E-state index is 0.187. The summed E-state index contributed by atoms with van der Waals surface area (Å²) in [6.45, 7) is 17.2. The highest BCUT2D eigenvalue weighted by atomic mass is 16.7. The first-order chi connectivity index (χ1) is 19.4. The summed E-state index contributed by atoms with van der Waals surface area (Å²) in [5.41, 5.74) is -3.18. The van der Waals surface area contributed by atoms with Gasteiger partial charge in [0.1, 0.15) is 0 Å². The van der Waals surface area contributed by atoms with Gasteiger partial charge in [0.05, 0.1) is 24.0 Å². The second kappa shape index (κ2) is 12.3. The lowest BCUT2D eigenvalue weighted by molar-refractivity contribution is -0.329. The van der Waals surface area contributed by atoms with E-state index in [4.69, 9.17) is 9.68 Å². The van der Waals surface area contributed by atoms with Gasteiger partial charge in [0.25, 0.3) is 0 Å². The topological polar surface area (TPSA) is 99.5 Å². The largest absolute Gasteiger partial charge is 0.481 e. The number of piperidine rings is 2. The van der Waals surface area contributed by atoms with Crippen molar-refractivity contribution in [2.75, 3.05) is 0 Å². The van der Waals surface area contributed by atoms with Crippen molar-refractivity contribution >= 4 is 11.9 Å². The first kappa shape index (κ1) is 33.7. The fraction of sp³-hybridized carbons (Fsp3) is 0.941. The first-order valence-electron chi connectivity index (χ1n) is 16.8. The molecule has 0 bridgehead atoms. The predicted molar refractivity (Wildman–Crippen MR) is 164 cm³/mol. The fourth-order valence-electron chi connectivity index (χ4n) is 9.76. The lowest BCUT2D eigenvalue weighted by Crippen LogP contribution is -2.67. The minimum Gasteiger partial charge on any atom is -0.481 e. The van der Waals surface area contributed by atoms with Gasteiger partial charge in [0.2, 0.25) is 0 Å². The van der Waals surface area contributed by atoms with E-state index in [9.17, 15) is 19.8 Å². The van der Waals surface area contributed by atoms with Crippen LogP contribution < -0.4 is 0 Å². The fourth-order valence-corrected chi connectivity index (χ4v) is 9.76. The summed E-state index contributed by atoms with van der Waals surface area (Å²) in [4.78, 5) is 39.6. The zero-order chi connectivity index (χ0) is 31.1. The van der Waals surface area contributed by atoms with E-state index in [0.717, 1.165) is 25.7 Å². The summed E-state index contributed by atoms with van der Waals surface area (Å²) in [5.74, 6) is -2.64. The molecule has 242 valence electrons. The smallest absolute Gasteiger partial charge is 0.310 e. The number of rotatable bonds is 9. The molecule has 0 aromatic rings. The maximum absolute atomic E-state index is 13.6. The Morgan fingerprint density at radius 1 is 0.619 bits per heavy atom. The van der Waals surface area contributed by atoms with Crippen molar-refractivity contribution in [2.45, 2.75) is 186 Å². The summed E-state index contributed by atoms with van der Waals surface area (Å²) < 4.78 is 0. The van der Waals surface area contributed by atoms with Gasteiger partial charge in [-0.1, -0.05) is 38.5 Å². The van der Waals surface area contributed by atoms with E-state index in [1.165, 1.54) is 38.5 Å². The molecular weight excluding hydrogens is 532 g/mol. The zero-order valence-electron chi connectivity index (χ0n) is 27.8. The zero-order valence-corrected chi connectivity index (χ0v) is 27.8. The average Bonchev–Trinajstić information content (AvgIpc) is 2.87. The molecule has 0 atom stereocenters. The van der Waals surface area contributed by atoms with Gasteiger partial charge in [-0.25, -0.2) is 0 Å². The molecule has 4 aliphatic rings. The molecule has 4 rings (SSSR count). The van der Waals surface area contributed by atoms with Gasteiger partial charge in [-0.15, -0.1) is 0 Å². The third-order valence-corrected chi connectivity index (χ3v) is 11.1. The van der Waals surface area contributed by atoms with Crippen LogP contribution in [0.4, 0.5) is 0 Å². The molecule has 2 saturated carbocycles. The Morgan fingerprint density at radius 2 is 0.929 bits per heavy atom. The van der Waals surface area contributed by atoms with Crippen LogP contribution in [0.25, 0.3) is 0 Å². The Morgan fingerprint density at radius 3 is 1.19 bits per heavy atom. The lowest BCUT2D eigenvalue weighted by atomic mass is 9.53. The molecule has 0 radical (unpaired) electrons. The molecule has 2 saturated heterocycles. The second-order valence-electron chi connectivity index (χ2n) is 16.7. The highest BCUT2D eigenvalue weighted by Crippen LogP contribution is 2.58. The summed E-state index contributed by atoms with van der Waals surface area (Å²) in [6, 6.07) is 0. The van der Waals surface area contributed by atoms with Crippen molar-refractivity contribution in [3.63, 3.8) is 0 Å². The summed E-state index contributed by atoms with van der Waals surface area (Å²) in [6.07, 6.45) is 13.7. The Labute approximate surface area is 254 Å². The third kappa shape index (κ3) is 6.87. The van der Waals surface area contributed by atoms with Crippen LogP contribution in [0, 0.1) is 17.3 Å². The molecule has 2 aliphatic carbocycles. The molecule has 8 heteroatoms. The standard InChI is InChI=1S/C34H60N2O6/c1-30(2)19-24(20-31(3,4)35(30)41-26-15-11-9-12-16-26)34(29(39)40,23-28(37)38)25-21-32(5,6)36(33(7,8)22-25)42-27-17-13-10-14-18-27/h24-27H,9-23H2,1-8H3,(H,37,38)(H,39,40). The van der Waals surface area contributed by atoms with Gasteiger partial charge in [-0.3, -0.25) is 19.3 Å². The molecule has 42 heavy (non-hydrogen) atoms. The van der Waals surface area contributed by atoms with Crippen LogP contribution in [0.1, 0.15) is 152 Å². The van der Waals surface area contributed by atoms with Crippen molar-refractivity contribution in [1.29, 1.82) is 0 Å². The van der Waals surface area contributed by atoms with E-state index < -0.39 is 39.5 Å². The van der Waals surface area contributed by atoms with Crippen molar-refractivity contribution < 1.29 is 29.5 Å².